The van der Waals surface area contributed by atoms with E-state index in [1.165, 1.54) is 26.2 Å². The van der Waals surface area contributed by atoms with Crippen molar-refractivity contribution in [1.82, 2.24) is 5.48 Å². The summed E-state index contributed by atoms with van der Waals surface area (Å²) in [5, 5.41) is 11.2. The van der Waals surface area contributed by atoms with Crippen LogP contribution in [-0.4, -0.2) is 43.8 Å². The van der Waals surface area contributed by atoms with E-state index in [0.29, 0.717) is 6.07 Å². The molecule has 0 radical (unpaired) electrons. The Bertz CT molecular complexity index is 1190. The number of hydrogen-bond donors (Lipinski definition) is 1. The van der Waals surface area contributed by atoms with Gasteiger partial charge in [-0.25, -0.2) is 9.59 Å². The number of ether oxygens (including phenoxy) is 4. The van der Waals surface area contributed by atoms with Crippen molar-refractivity contribution in [2.24, 2.45) is 0 Å². The summed E-state index contributed by atoms with van der Waals surface area (Å²) in [6.07, 6.45) is -4.87. The molecule has 0 amide bonds. The molecular formula is C22H20ClF3N2O9. The molecule has 37 heavy (non-hydrogen) atoms. The molecule has 200 valence electrons. The fraction of sp³-hybridized carbons (Fsp3) is 0.273. The Hall–Kier alpha value is -4.04. The van der Waals surface area contributed by atoms with Gasteiger partial charge < -0.3 is 18.9 Å². The van der Waals surface area contributed by atoms with Crippen molar-refractivity contribution in [2.75, 3.05) is 20.8 Å². The monoisotopic (exact) mass is 548 g/mol. The fourth-order valence-electron chi connectivity index (χ4n) is 2.61. The minimum atomic E-state index is -4.61. The van der Waals surface area contributed by atoms with E-state index >= 15 is 0 Å². The van der Waals surface area contributed by atoms with Crippen molar-refractivity contribution in [1.29, 1.82) is 0 Å². The van der Waals surface area contributed by atoms with E-state index < -0.39 is 47.0 Å². The number of esters is 2. The van der Waals surface area contributed by atoms with Gasteiger partial charge in [0.25, 0.3) is 5.69 Å². The number of benzene rings is 2. The summed E-state index contributed by atoms with van der Waals surface area (Å²) in [5.41, 5.74) is 0.654. The Balaban J connectivity index is 2.29. The number of halogens is 4. The minimum Gasteiger partial charge on any atom is -0.502 e. The van der Waals surface area contributed by atoms with Crippen LogP contribution >= 0.6 is 11.6 Å². The second-order valence-corrected chi connectivity index (χ2v) is 7.40. The number of hydrogen-bond acceptors (Lipinski definition) is 10. The molecule has 2 aromatic carbocycles. The van der Waals surface area contributed by atoms with Crippen LogP contribution in [0.4, 0.5) is 18.9 Å². The van der Waals surface area contributed by atoms with Crippen molar-refractivity contribution in [3.63, 3.8) is 0 Å². The lowest BCUT2D eigenvalue weighted by atomic mass is 10.1. The third-order valence-electron chi connectivity index (χ3n) is 4.42. The number of alkyl halides is 3. The highest BCUT2D eigenvalue weighted by molar-refractivity contribution is 6.32. The molecule has 0 heterocycles. The summed E-state index contributed by atoms with van der Waals surface area (Å²) >= 11 is 5.92. The van der Waals surface area contributed by atoms with E-state index in [1.54, 1.807) is 0 Å². The summed E-state index contributed by atoms with van der Waals surface area (Å²) in [5.74, 6) is -1.92. The number of nitrogens with one attached hydrogen (secondary N) is 1. The average molecular weight is 549 g/mol. The fourth-order valence-corrected chi connectivity index (χ4v) is 2.83. The zero-order valence-corrected chi connectivity index (χ0v) is 20.2. The van der Waals surface area contributed by atoms with Crippen LogP contribution in [0.1, 0.15) is 18.1 Å². The van der Waals surface area contributed by atoms with Crippen LogP contribution in [0.2, 0.25) is 5.02 Å². The van der Waals surface area contributed by atoms with Gasteiger partial charge in [0.2, 0.25) is 0 Å². The SMILES string of the molecule is COC=C(NOC(C)C(=O)OCC(=O)OC)c1cc(Oc2ccc(C(F)(F)F)cc2Cl)ccc1[N+](=O)[O-]. The molecule has 0 aliphatic rings. The summed E-state index contributed by atoms with van der Waals surface area (Å²) in [7, 11) is 2.35. The molecule has 0 spiro atoms. The van der Waals surface area contributed by atoms with Gasteiger partial charge in [0.1, 0.15) is 23.5 Å². The van der Waals surface area contributed by atoms with Gasteiger partial charge in [0.15, 0.2) is 12.7 Å². The van der Waals surface area contributed by atoms with E-state index in [-0.39, 0.29) is 27.8 Å². The summed E-state index contributed by atoms with van der Waals surface area (Å²) in [6.45, 7) is 0.624. The van der Waals surface area contributed by atoms with Crippen molar-refractivity contribution in [2.45, 2.75) is 19.2 Å². The minimum absolute atomic E-state index is 0.0309. The second-order valence-electron chi connectivity index (χ2n) is 6.99. The largest absolute Gasteiger partial charge is 0.502 e. The van der Waals surface area contributed by atoms with E-state index in [2.05, 4.69) is 10.2 Å². The highest BCUT2D eigenvalue weighted by atomic mass is 35.5. The van der Waals surface area contributed by atoms with Crippen LogP contribution in [0.3, 0.4) is 0 Å². The smallest absolute Gasteiger partial charge is 0.416 e. The number of carbonyl (C=O) groups excluding carboxylic acids is 2. The molecular weight excluding hydrogens is 529 g/mol. The zero-order chi connectivity index (χ0) is 27.8. The predicted octanol–water partition coefficient (Wildman–Crippen LogP) is 4.63. The van der Waals surface area contributed by atoms with Crippen LogP contribution in [-0.2, 0) is 34.8 Å². The van der Waals surface area contributed by atoms with E-state index in [9.17, 15) is 32.9 Å². The molecule has 0 aromatic heterocycles. The van der Waals surface area contributed by atoms with Crippen LogP contribution < -0.4 is 10.2 Å². The molecule has 0 saturated carbocycles. The van der Waals surface area contributed by atoms with Crippen molar-refractivity contribution in [3.8, 4) is 11.5 Å². The molecule has 1 atom stereocenters. The number of carbonyl (C=O) groups is 2. The standard InChI is InChI=1S/C22H20ClF3N2O9/c1-12(21(30)35-11-20(29)34-3)37-27-17(10-33-2)15-9-14(5-6-18(15)28(31)32)36-19-7-4-13(8-16(19)23)22(24,25)26/h4-10,12,27H,11H2,1-3H3. The first kappa shape index (κ1) is 29.2. The quantitative estimate of drug-likeness (QED) is 0.183. The number of nitro groups is 1. The molecule has 0 aliphatic carbocycles. The highest BCUT2D eigenvalue weighted by Crippen LogP contribution is 2.37. The lowest BCUT2D eigenvalue weighted by molar-refractivity contribution is -0.385. The Kier molecular flexibility index (Phi) is 10.1. The third-order valence-corrected chi connectivity index (χ3v) is 4.71. The normalized spacial score (nSPS) is 12.4. The predicted molar refractivity (Wildman–Crippen MR) is 121 cm³/mol. The third kappa shape index (κ3) is 8.25. The molecule has 2 rings (SSSR count). The number of rotatable bonds is 11. The summed E-state index contributed by atoms with van der Waals surface area (Å²) < 4.78 is 58.2. The van der Waals surface area contributed by atoms with E-state index in [0.717, 1.165) is 31.6 Å². The summed E-state index contributed by atoms with van der Waals surface area (Å²) in [4.78, 5) is 39.1. The maximum atomic E-state index is 12.9. The first-order chi connectivity index (χ1) is 17.4. The van der Waals surface area contributed by atoms with Gasteiger partial charge in [-0.3, -0.25) is 20.4 Å². The lowest BCUT2D eigenvalue weighted by Gasteiger charge is -2.16. The van der Waals surface area contributed by atoms with Crippen molar-refractivity contribution >= 4 is 34.9 Å². The average Bonchev–Trinajstić information content (AvgIpc) is 2.84. The van der Waals surface area contributed by atoms with Gasteiger partial charge in [-0.2, -0.15) is 13.2 Å². The van der Waals surface area contributed by atoms with E-state index in [4.69, 9.17) is 30.6 Å². The number of nitro benzene ring substituents is 1. The van der Waals surface area contributed by atoms with E-state index in [1.807, 2.05) is 0 Å². The van der Waals surface area contributed by atoms with Crippen LogP contribution in [0.5, 0.6) is 11.5 Å². The number of nitrogens with zero attached hydrogens (tertiary/aromatic N) is 1. The van der Waals surface area contributed by atoms with Crippen molar-refractivity contribution < 1.29 is 51.5 Å². The molecule has 0 saturated heterocycles. The Morgan fingerprint density at radius 1 is 1.19 bits per heavy atom. The Labute approximate surface area is 212 Å². The molecule has 0 bridgehead atoms. The van der Waals surface area contributed by atoms with Gasteiger partial charge >= 0.3 is 18.1 Å². The molecule has 1 unspecified atom stereocenters. The number of hydroxylamine groups is 1. The van der Waals surface area contributed by atoms with Gasteiger partial charge in [-0.1, -0.05) is 11.6 Å². The lowest BCUT2D eigenvalue weighted by Crippen LogP contribution is -2.31. The second kappa shape index (κ2) is 12.8. The zero-order valence-electron chi connectivity index (χ0n) is 19.5. The molecule has 15 heteroatoms. The number of methoxy groups -OCH3 is 2. The first-order valence-corrected chi connectivity index (χ1v) is 10.5. The molecule has 11 nitrogen and oxygen atoms in total. The van der Waals surface area contributed by atoms with Gasteiger partial charge in [-0.05, 0) is 37.3 Å². The topological polar surface area (TPSA) is 135 Å². The highest BCUT2D eigenvalue weighted by Gasteiger charge is 2.31. The first-order valence-electron chi connectivity index (χ1n) is 10.1. The van der Waals surface area contributed by atoms with Crippen molar-refractivity contribution in [3.05, 3.63) is 68.9 Å². The molecule has 1 N–H and O–H groups in total. The van der Waals surface area contributed by atoms with Gasteiger partial charge in [-0.15, -0.1) is 0 Å². The Morgan fingerprint density at radius 3 is 2.46 bits per heavy atom. The Morgan fingerprint density at radius 2 is 1.89 bits per heavy atom. The molecule has 0 aliphatic heterocycles. The van der Waals surface area contributed by atoms with Gasteiger partial charge in [0, 0.05) is 6.07 Å². The van der Waals surface area contributed by atoms with Crippen LogP contribution in [0, 0.1) is 10.1 Å². The maximum Gasteiger partial charge on any atom is 0.416 e. The molecule has 2 aromatic rings. The van der Waals surface area contributed by atoms with Gasteiger partial charge in [0.05, 0.1) is 35.3 Å². The van der Waals surface area contributed by atoms with Crippen LogP contribution in [0.15, 0.2) is 42.7 Å². The maximum absolute atomic E-state index is 12.9. The molecule has 0 fully saturated rings. The summed E-state index contributed by atoms with van der Waals surface area (Å²) in [6, 6.07) is 5.89. The van der Waals surface area contributed by atoms with Crippen LogP contribution in [0.25, 0.3) is 5.70 Å².